The molecule has 1 aliphatic carbocycles. The van der Waals surface area contributed by atoms with Gasteiger partial charge in [-0.1, -0.05) is 5.16 Å². The first kappa shape index (κ1) is 11.2. The Balaban J connectivity index is 1.84. The maximum atomic E-state index is 6.17. The van der Waals surface area contributed by atoms with Gasteiger partial charge in [0.1, 0.15) is 5.60 Å². The second kappa shape index (κ2) is 3.78. The third kappa shape index (κ3) is 1.77. The van der Waals surface area contributed by atoms with Gasteiger partial charge >= 0.3 is 0 Å². The molecule has 1 saturated carbocycles. The molecule has 0 spiro atoms. The monoisotopic (exact) mass is 237 g/mol. The minimum atomic E-state index is -0.389. The Morgan fingerprint density at radius 2 is 2.00 bits per heavy atom. The first-order valence-corrected chi connectivity index (χ1v) is 6.40. The van der Waals surface area contributed by atoms with Crippen LogP contribution < -0.4 is 5.73 Å². The molecule has 1 atom stereocenters. The van der Waals surface area contributed by atoms with E-state index < -0.39 is 0 Å². The Bertz CT molecular complexity index is 406. The second-order valence-electron chi connectivity index (χ2n) is 5.47. The van der Waals surface area contributed by atoms with E-state index in [0.29, 0.717) is 11.7 Å². The van der Waals surface area contributed by atoms with Crippen LogP contribution in [-0.4, -0.2) is 16.7 Å². The van der Waals surface area contributed by atoms with Gasteiger partial charge in [-0.05, 0) is 45.4 Å². The summed E-state index contributed by atoms with van der Waals surface area (Å²) in [6, 6.07) is 0. The summed E-state index contributed by atoms with van der Waals surface area (Å²) in [5.74, 6) is 1.23. The molecule has 5 heteroatoms. The van der Waals surface area contributed by atoms with Crippen LogP contribution in [0.15, 0.2) is 4.52 Å². The van der Waals surface area contributed by atoms with Crippen LogP contribution in [-0.2, 0) is 15.9 Å². The predicted octanol–water partition coefficient (Wildman–Crippen LogP) is 1.82. The van der Waals surface area contributed by atoms with Crippen molar-refractivity contribution in [1.82, 2.24) is 10.1 Å². The highest BCUT2D eigenvalue weighted by molar-refractivity contribution is 5.10. The van der Waals surface area contributed by atoms with Crippen LogP contribution in [0.25, 0.3) is 0 Å². The van der Waals surface area contributed by atoms with Crippen molar-refractivity contribution in [1.29, 1.82) is 0 Å². The van der Waals surface area contributed by atoms with Crippen LogP contribution in [0.1, 0.15) is 57.2 Å². The third-order valence-electron chi connectivity index (χ3n) is 4.04. The summed E-state index contributed by atoms with van der Waals surface area (Å²) in [6.07, 6.45) is 6.22. The first-order chi connectivity index (χ1) is 8.12. The van der Waals surface area contributed by atoms with Crippen molar-refractivity contribution in [3.8, 4) is 0 Å². The van der Waals surface area contributed by atoms with E-state index >= 15 is 0 Å². The van der Waals surface area contributed by atoms with E-state index in [4.69, 9.17) is 15.0 Å². The number of nitrogens with zero attached hydrogens (tertiary/aromatic N) is 2. The summed E-state index contributed by atoms with van der Waals surface area (Å²) in [5, 5.41) is 4.07. The number of nitrogens with two attached hydrogens (primary N) is 1. The van der Waals surface area contributed by atoms with Gasteiger partial charge in [0.15, 0.2) is 0 Å². The van der Waals surface area contributed by atoms with Crippen molar-refractivity contribution in [2.24, 2.45) is 5.73 Å². The molecule has 2 fully saturated rings. The molecule has 2 aliphatic rings. The van der Waals surface area contributed by atoms with Crippen molar-refractivity contribution in [3.05, 3.63) is 11.7 Å². The third-order valence-corrected chi connectivity index (χ3v) is 4.04. The quantitative estimate of drug-likeness (QED) is 0.849. The average Bonchev–Trinajstić information content (AvgIpc) is 2.77. The van der Waals surface area contributed by atoms with E-state index in [1.807, 2.05) is 6.92 Å². The van der Waals surface area contributed by atoms with Crippen molar-refractivity contribution < 1.29 is 9.26 Å². The molecule has 1 unspecified atom stereocenters. The molecule has 0 radical (unpaired) electrons. The SMILES string of the molecule is CC1(c2noc(C3(N)CCC3)n2)CCCCO1. The number of hydrogen-bond acceptors (Lipinski definition) is 5. The Hall–Kier alpha value is -0.940. The van der Waals surface area contributed by atoms with Gasteiger partial charge in [-0.15, -0.1) is 0 Å². The molecule has 5 nitrogen and oxygen atoms in total. The fraction of sp³-hybridized carbons (Fsp3) is 0.833. The van der Waals surface area contributed by atoms with Crippen LogP contribution in [0.3, 0.4) is 0 Å². The second-order valence-corrected chi connectivity index (χ2v) is 5.47. The van der Waals surface area contributed by atoms with Gasteiger partial charge in [0.2, 0.25) is 11.7 Å². The lowest BCUT2D eigenvalue weighted by Crippen LogP contribution is -2.43. The smallest absolute Gasteiger partial charge is 0.246 e. The highest BCUT2D eigenvalue weighted by Gasteiger charge is 2.42. The van der Waals surface area contributed by atoms with Gasteiger partial charge in [-0.3, -0.25) is 0 Å². The highest BCUT2D eigenvalue weighted by Crippen LogP contribution is 2.39. The maximum Gasteiger partial charge on any atom is 0.246 e. The first-order valence-electron chi connectivity index (χ1n) is 6.40. The molecular formula is C12H19N3O2. The van der Waals surface area contributed by atoms with Gasteiger partial charge in [0.05, 0.1) is 5.54 Å². The van der Waals surface area contributed by atoms with Crippen LogP contribution in [0.2, 0.25) is 0 Å². The molecule has 1 aromatic rings. The minimum absolute atomic E-state index is 0.379. The molecule has 1 saturated heterocycles. The van der Waals surface area contributed by atoms with Crippen molar-refractivity contribution in [2.45, 2.75) is 56.6 Å². The molecule has 0 amide bonds. The molecule has 1 aliphatic heterocycles. The largest absolute Gasteiger partial charge is 0.367 e. The minimum Gasteiger partial charge on any atom is -0.367 e. The Morgan fingerprint density at radius 1 is 1.18 bits per heavy atom. The van der Waals surface area contributed by atoms with E-state index in [0.717, 1.165) is 45.1 Å². The number of aromatic nitrogens is 2. The Labute approximate surface area is 101 Å². The normalized spacial score (nSPS) is 32.1. The maximum absolute atomic E-state index is 6.17. The lowest BCUT2D eigenvalue weighted by Gasteiger charge is -2.34. The average molecular weight is 237 g/mol. The molecular weight excluding hydrogens is 218 g/mol. The topological polar surface area (TPSA) is 74.2 Å². The lowest BCUT2D eigenvalue weighted by molar-refractivity contribution is -0.0770. The number of hydrogen-bond donors (Lipinski definition) is 1. The summed E-state index contributed by atoms with van der Waals surface area (Å²) in [5.41, 5.74) is 5.41. The van der Waals surface area contributed by atoms with Crippen LogP contribution >= 0.6 is 0 Å². The Kier molecular flexibility index (Phi) is 2.48. The molecule has 0 aromatic carbocycles. The fourth-order valence-corrected chi connectivity index (χ4v) is 2.52. The molecule has 0 bridgehead atoms. The van der Waals surface area contributed by atoms with Crippen LogP contribution in [0.4, 0.5) is 0 Å². The van der Waals surface area contributed by atoms with Crippen molar-refractivity contribution >= 4 is 0 Å². The van der Waals surface area contributed by atoms with E-state index in [9.17, 15) is 0 Å². The van der Waals surface area contributed by atoms with E-state index in [1.54, 1.807) is 0 Å². The molecule has 94 valence electrons. The number of rotatable bonds is 2. The molecule has 1 aromatic heterocycles. The van der Waals surface area contributed by atoms with E-state index in [1.165, 1.54) is 0 Å². The summed E-state index contributed by atoms with van der Waals surface area (Å²) in [7, 11) is 0. The highest BCUT2D eigenvalue weighted by atomic mass is 16.5. The number of ether oxygens (including phenoxy) is 1. The van der Waals surface area contributed by atoms with Gasteiger partial charge in [0, 0.05) is 6.61 Å². The van der Waals surface area contributed by atoms with E-state index in [-0.39, 0.29) is 11.1 Å². The van der Waals surface area contributed by atoms with Gasteiger partial charge < -0.3 is 15.0 Å². The molecule has 2 heterocycles. The van der Waals surface area contributed by atoms with Crippen molar-refractivity contribution in [3.63, 3.8) is 0 Å². The molecule has 2 N–H and O–H groups in total. The standard InChI is InChI=1S/C12H19N3O2/c1-11(5-2-3-8-16-11)9-14-10(17-15-9)12(13)6-4-7-12/h2-8,13H2,1H3. The fourth-order valence-electron chi connectivity index (χ4n) is 2.52. The zero-order valence-corrected chi connectivity index (χ0v) is 10.2. The lowest BCUT2D eigenvalue weighted by atomic mass is 9.77. The van der Waals surface area contributed by atoms with Crippen molar-refractivity contribution in [2.75, 3.05) is 6.61 Å². The zero-order valence-electron chi connectivity index (χ0n) is 10.2. The van der Waals surface area contributed by atoms with Gasteiger partial charge in [-0.25, -0.2) is 0 Å². The summed E-state index contributed by atoms with van der Waals surface area (Å²) in [6.45, 7) is 2.80. The summed E-state index contributed by atoms with van der Waals surface area (Å²) >= 11 is 0. The predicted molar refractivity (Wildman–Crippen MR) is 61.2 cm³/mol. The summed E-state index contributed by atoms with van der Waals surface area (Å²) < 4.78 is 11.1. The van der Waals surface area contributed by atoms with Gasteiger partial charge in [0.25, 0.3) is 0 Å². The van der Waals surface area contributed by atoms with Crippen LogP contribution in [0.5, 0.6) is 0 Å². The van der Waals surface area contributed by atoms with E-state index in [2.05, 4.69) is 10.1 Å². The zero-order chi connectivity index (χ0) is 11.9. The molecule has 17 heavy (non-hydrogen) atoms. The van der Waals surface area contributed by atoms with Crippen LogP contribution in [0, 0.1) is 0 Å². The summed E-state index contributed by atoms with van der Waals surface area (Å²) in [4.78, 5) is 4.47. The molecule has 3 rings (SSSR count). The van der Waals surface area contributed by atoms with Gasteiger partial charge in [-0.2, -0.15) is 4.98 Å². The Morgan fingerprint density at radius 3 is 2.59 bits per heavy atom.